The van der Waals surface area contributed by atoms with Crippen LogP contribution >= 0.6 is 0 Å². The molecule has 0 saturated heterocycles. The average molecular weight is 288 g/mol. The van der Waals surface area contributed by atoms with Gasteiger partial charge in [0.15, 0.2) is 0 Å². The molecule has 0 unspecified atom stereocenters. The van der Waals surface area contributed by atoms with Crippen LogP contribution in [0.3, 0.4) is 0 Å². The molecule has 0 amide bonds. The van der Waals surface area contributed by atoms with E-state index in [9.17, 15) is 9.59 Å². The average Bonchev–Trinajstić information content (AvgIpc) is 2.54. The van der Waals surface area contributed by atoms with Gasteiger partial charge in [-0.3, -0.25) is 9.59 Å². The summed E-state index contributed by atoms with van der Waals surface area (Å²) in [6.45, 7) is 2.22. The van der Waals surface area contributed by atoms with Crippen LogP contribution in [0.2, 0.25) is 0 Å². The third-order valence-corrected chi connectivity index (χ3v) is 4.38. The second-order valence-corrected chi connectivity index (χ2v) is 5.97. The Balaban J connectivity index is 1.80. The van der Waals surface area contributed by atoms with Gasteiger partial charge in [0.25, 0.3) is 0 Å². The SMILES string of the molecule is CCCCC1CCC(C(=O)Oc2ccc(C=O)cc2)CC1. The Bertz CT molecular complexity index is 456. The lowest BCUT2D eigenvalue weighted by Crippen LogP contribution is -2.25. The van der Waals surface area contributed by atoms with E-state index < -0.39 is 0 Å². The highest BCUT2D eigenvalue weighted by atomic mass is 16.5. The number of carbonyl (C=O) groups is 2. The highest BCUT2D eigenvalue weighted by Gasteiger charge is 2.27. The lowest BCUT2D eigenvalue weighted by atomic mass is 9.80. The summed E-state index contributed by atoms with van der Waals surface area (Å²) >= 11 is 0. The first-order chi connectivity index (χ1) is 10.2. The lowest BCUT2D eigenvalue weighted by molar-refractivity contribution is -0.140. The quantitative estimate of drug-likeness (QED) is 0.442. The molecule has 0 aliphatic heterocycles. The molecule has 0 spiro atoms. The van der Waals surface area contributed by atoms with Crippen LogP contribution in [0.4, 0.5) is 0 Å². The summed E-state index contributed by atoms with van der Waals surface area (Å²) in [5, 5.41) is 0. The van der Waals surface area contributed by atoms with Gasteiger partial charge in [0.2, 0.25) is 0 Å². The zero-order valence-corrected chi connectivity index (χ0v) is 12.7. The topological polar surface area (TPSA) is 43.4 Å². The maximum atomic E-state index is 12.2. The van der Waals surface area contributed by atoms with E-state index in [4.69, 9.17) is 4.74 Å². The maximum Gasteiger partial charge on any atom is 0.314 e. The van der Waals surface area contributed by atoms with Crippen molar-refractivity contribution in [1.29, 1.82) is 0 Å². The highest BCUT2D eigenvalue weighted by Crippen LogP contribution is 2.32. The predicted molar refractivity (Wildman–Crippen MR) is 82.4 cm³/mol. The van der Waals surface area contributed by atoms with Crippen LogP contribution in [0.1, 0.15) is 62.2 Å². The molecule has 1 saturated carbocycles. The van der Waals surface area contributed by atoms with Gasteiger partial charge in [-0.05, 0) is 55.9 Å². The second-order valence-electron chi connectivity index (χ2n) is 5.97. The molecule has 1 aromatic rings. The van der Waals surface area contributed by atoms with Gasteiger partial charge < -0.3 is 4.74 Å². The molecule has 3 heteroatoms. The van der Waals surface area contributed by atoms with Gasteiger partial charge >= 0.3 is 5.97 Å². The van der Waals surface area contributed by atoms with Crippen LogP contribution in [0, 0.1) is 11.8 Å². The van der Waals surface area contributed by atoms with Crippen molar-refractivity contribution >= 4 is 12.3 Å². The van der Waals surface area contributed by atoms with E-state index in [0.717, 1.165) is 37.9 Å². The number of hydrogen-bond donors (Lipinski definition) is 0. The molecule has 0 heterocycles. The third kappa shape index (κ3) is 4.69. The molecule has 1 fully saturated rings. The van der Waals surface area contributed by atoms with Crippen LogP contribution in [0.15, 0.2) is 24.3 Å². The maximum absolute atomic E-state index is 12.2. The minimum atomic E-state index is -0.122. The fourth-order valence-corrected chi connectivity index (χ4v) is 2.99. The van der Waals surface area contributed by atoms with E-state index in [1.165, 1.54) is 19.3 Å². The van der Waals surface area contributed by atoms with Gasteiger partial charge in [0.05, 0.1) is 5.92 Å². The first-order valence-corrected chi connectivity index (χ1v) is 8.00. The van der Waals surface area contributed by atoms with E-state index in [0.29, 0.717) is 11.3 Å². The van der Waals surface area contributed by atoms with Crippen molar-refractivity contribution < 1.29 is 14.3 Å². The number of esters is 1. The Morgan fingerprint density at radius 2 is 1.86 bits per heavy atom. The van der Waals surface area contributed by atoms with E-state index in [1.54, 1.807) is 24.3 Å². The predicted octanol–water partition coefficient (Wildman–Crippen LogP) is 4.40. The van der Waals surface area contributed by atoms with Crippen molar-refractivity contribution in [2.24, 2.45) is 11.8 Å². The Labute approximate surface area is 126 Å². The van der Waals surface area contributed by atoms with Gasteiger partial charge in [-0.2, -0.15) is 0 Å². The summed E-state index contributed by atoms with van der Waals surface area (Å²) in [7, 11) is 0. The molecule has 1 aliphatic carbocycles. The molecule has 3 nitrogen and oxygen atoms in total. The molecule has 0 bridgehead atoms. The number of carbonyl (C=O) groups excluding carboxylic acids is 2. The van der Waals surface area contributed by atoms with Gasteiger partial charge in [-0.1, -0.05) is 26.2 Å². The zero-order valence-electron chi connectivity index (χ0n) is 12.7. The molecule has 1 aromatic carbocycles. The van der Waals surface area contributed by atoms with Gasteiger partial charge in [-0.25, -0.2) is 0 Å². The van der Waals surface area contributed by atoms with Crippen molar-refractivity contribution in [3.63, 3.8) is 0 Å². The van der Waals surface area contributed by atoms with E-state index in [1.807, 2.05) is 0 Å². The lowest BCUT2D eigenvalue weighted by Gasteiger charge is -2.27. The monoisotopic (exact) mass is 288 g/mol. The molecular weight excluding hydrogens is 264 g/mol. The van der Waals surface area contributed by atoms with Crippen LogP contribution in [0.25, 0.3) is 0 Å². The number of hydrogen-bond acceptors (Lipinski definition) is 3. The van der Waals surface area contributed by atoms with Gasteiger partial charge in [-0.15, -0.1) is 0 Å². The molecule has 114 valence electrons. The number of unbranched alkanes of at least 4 members (excludes halogenated alkanes) is 1. The van der Waals surface area contributed by atoms with Crippen LogP contribution in [-0.4, -0.2) is 12.3 Å². The Kier molecular flexibility index (Phi) is 5.97. The summed E-state index contributed by atoms with van der Waals surface area (Å²) in [5.74, 6) is 1.23. The van der Waals surface area contributed by atoms with Gasteiger partial charge in [0.1, 0.15) is 12.0 Å². The van der Waals surface area contributed by atoms with Crippen molar-refractivity contribution in [3.8, 4) is 5.75 Å². The first-order valence-electron chi connectivity index (χ1n) is 8.00. The van der Waals surface area contributed by atoms with Crippen molar-refractivity contribution in [1.82, 2.24) is 0 Å². The number of benzene rings is 1. The fourth-order valence-electron chi connectivity index (χ4n) is 2.99. The van der Waals surface area contributed by atoms with Gasteiger partial charge in [0, 0.05) is 5.56 Å². The van der Waals surface area contributed by atoms with Crippen LogP contribution in [-0.2, 0) is 4.79 Å². The van der Waals surface area contributed by atoms with Crippen molar-refractivity contribution in [3.05, 3.63) is 29.8 Å². The van der Waals surface area contributed by atoms with Crippen LogP contribution < -0.4 is 4.74 Å². The second kappa shape index (κ2) is 7.96. The number of rotatable bonds is 6. The molecule has 0 aromatic heterocycles. The molecule has 0 radical (unpaired) electrons. The zero-order chi connectivity index (χ0) is 15.1. The molecule has 1 aliphatic rings. The summed E-state index contributed by atoms with van der Waals surface area (Å²) in [4.78, 5) is 22.7. The van der Waals surface area contributed by atoms with Crippen LogP contribution in [0.5, 0.6) is 5.75 Å². The Hall–Kier alpha value is -1.64. The molecule has 0 atom stereocenters. The standard InChI is InChI=1S/C18H24O3/c1-2-3-4-14-5-9-16(10-6-14)18(20)21-17-11-7-15(13-19)8-12-17/h7-8,11-14,16H,2-6,9-10H2,1H3. The Morgan fingerprint density at radius 1 is 1.19 bits per heavy atom. The highest BCUT2D eigenvalue weighted by molar-refractivity contribution is 5.77. The number of aldehydes is 1. The number of ether oxygens (including phenoxy) is 1. The van der Waals surface area contributed by atoms with E-state index in [2.05, 4.69) is 6.92 Å². The Morgan fingerprint density at radius 3 is 2.43 bits per heavy atom. The van der Waals surface area contributed by atoms with E-state index >= 15 is 0 Å². The molecular formula is C18H24O3. The minimum absolute atomic E-state index is 0.0358. The molecule has 2 rings (SSSR count). The smallest absolute Gasteiger partial charge is 0.314 e. The van der Waals surface area contributed by atoms with Crippen molar-refractivity contribution in [2.75, 3.05) is 0 Å². The fraction of sp³-hybridized carbons (Fsp3) is 0.556. The van der Waals surface area contributed by atoms with Crippen molar-refractivity contribution in [2.45, 2.75) is 51.9 Å². The summed E-state index contributed by atoms with van der Waals surface area (Å²) < 4.78 is 5.41. The largest absolute Gasteiger partial charge is 0.426 e. The first kappa shape index (κ1) is 15.7. The normalized spacial score (nSPS) is 21.8. The molecule has 0 N–H and O–H groups in total. The minimum Gasteiger partial charge on any atom is -0.426 e. The summed E-state index contributed by atoms with van der Waals surface area (Å²) in [6.07, 6.45) is 8.79. The summed E-state index contributed by atoms with van der Waals surface area (Å²) in [6, 6.07) is 6.68. The third-order valence-electron chi connectivity index (χ3n) is 4.38. The molecule has 21 heavy (non-hydrogen) atoms. The van der Waals surface area contributed by atoms with E-state index in [-0.39, 0.29) is 11.9 Å². The summed E-state index contributed by atoms with van der Waals surface area (Å²) in [5.41, 5.74) is 0.589.